The minimum atomic E-state index is -3.62. The summed E-state index contributed by atoms with van der Waals surface area (Å²) in [6.07, 6.45) is 0. The molecule has 5 nitrogen and oxygen atoms in total. The average molecular weight is 253 g/mol. The zero-order chi connectivity index (χ0) is 12.6. The molecule has 90 valence electrons. The van der Waals surface area contributed by atoms with Crippen molar-refractivity contribution in [3.8, 4) is 5.75 Å². The summed E-state index contributed by atoms with van der Waals surface area (Å²) in [7, 11) is -2.40. The highest BCUT2D eigenvalue weighted by Gasteiger charge is 2.48. The van der Waals surface area contributed by atoms with E-state index in [0.29, 0.717) is 5.56 Å². The van der Waals surface area contributed by atoms with Crippen LogP contribution in [0, 0.1) is 5.41 Å². The largest absolute Gasteiger partial charge is 0.423 e. The molecule has 0 aromatic heterocycles. The molecular weight excluding hydrogens is 241 g/mol. The second-order valence-electron chi connectivity index (χ2n) is 3.76. The highest BCUT2D eigenvalue weighted by atomic mass is 31.2. The van der Waals surface area contributed by atoms with Crippen LogP contribution in [0.5, 0.6) is 5.75 Å². The van der Waals surface area contributed by atoms with Gasteiger partial charge in [0.1, 0.15) is 5.75 Å². The summed E-state index contributed by atoms with van der Waals surface area (Å²) in [5.41, 5.74) is -0.815. The van der Waals surface area contributed by atoms with Crippen LogP contribution in [0.2, 0.25) is 0 Å². The maximum Gasteiger partial charge on any atom is 0.395 e. The molecule has 2 atom stereocenters. The predicted octanol–water partition coefficient (Wildman–Crippen LogP) is 2.51. The Labute approximate surface area is 98.8 Å². The fraction of sp³-hybridized carbons (Fsp3) is 0.273. The first-order chi connectivity index (χ1) is 7.99. The third-order valence-corrected chi connectivity index (χ3v) is 4.82. The van der Waals surface area contributed by atoms with Gasteiger partial charge in [-0.3, -0.25) is 4.79 Å². The lowest BCUT2D eigenvalue weighted by atomic mass is 10.0. The van der Waals surface area contributed by atoms with Gasteiger partial charge in [0.05, 0.1) is 5.56 Å². The van der Waals surface area contributed by atoms with E-state index in [1.165, 1.54) is 14.0 Å². The number of rotatable bonds is 2. The fourth-order valence-corrected chi connectivity index (χ4v) is 3.53. The van der Waals surface area contributed by atoms with E-state index >= 15 is 0 Å². The smallest absolute Gasteiger partial charge is 0.395 e. The molecule has 1 aliphatic rings. The molecule has 1 aliphatic heterocycles. The number of carbonyl (C=O) groups excluding carboxylic acids is 1. The van der Waals surface area contributed by atoms with Gasteiger partial charge in [-0.05, 0) is 19.1 Å². The van der Waals surface area contributed by atoms with Crippen molar-refractivity contribution in [2.45, 2.75) is 12.6 Å². The van der Waals surface area contributed by atoms with Gasteiger partial charge < -0.3 is 14.5 Å². The highest BCUT2D eigenvalue weighted by molar-refractivity contribution is 7.57. The summed E-state index contributed by atoms with van der Waals surface area (Å²) in [6.45, 7) is 1.42. The van der Waals surface area contributed by atoms with Crippen LogP contribution in [-0.4, -0.2) is 24.3 Å². The monoisotopic (exact) mass is 253 g/mol. The summed E-state index contributed by atoms with van der Waals surface area (Å²) in [6, 6.07) is 6.53. The van der Waals surface area contributed by atoms with Gasteiger partial charge in [0.25, 0.3) is 0 Å². The number of hydrogen-bond acceptors (Lipinski definition) is 5. The molecule has 2 unspecified atom stereocenters. The number of fused-ring (bicyclic) bond motifs is 1. The third-order valence-electron chi connectivity index (χ3n) is 2.61. The molecule has 0 aliphatic carbocycles. The summed E-state index contributed by atoms with van der Waals surface area (Å²) < 4.78 is 22.5. The van der Waals surface area contributed by atoms with Crippen LogP contribution in [0.15, 0.2) is 24.3 Å². The van der Waals surface area contributed by atoms with E-state index in [-0.39, 0.29) is 17.2 Å². The van der Waals surface area contributed by atoms with Crippen LogP contribution in [0.1, 0.15) is 17.3 Å². The Hall–Kier alpha value is -1.45. The summed E-state index contributed by atoms with van der Waals surface area (Å²) >= 11 is 0. The SMILES string of the molecule is COP1(=O)Oc2ccccc2C(=O)C1C(C)=N. The summed E-state index contributed by atoms with van der Waals surface area (Å²) in [5, 5.41) is 7.57. The standard InChI is InChI=1S/C11H12NO4P/c1-7(12)11-10(13)8-5-3-4-6-9(8)16-17(11,14)15-2/h3-6,11-12H,1-2H3. The molecular formula is C11H12NO4P. The zero-order valence-electron chi connectivity index (χ0n) is 9.47. The first-order valence-electron chi connectivity index (χ1n) is 5.03. The van der Waals surface area contributed by atoms with Crippen LogP contribution in [0.3, 0.4) is 0 Å². The quantitative estimate of drug-likeness (QED) is 0.649. The molecule has 0 fully saturated rings. The molecule has 1 N–H and O–H groups in total. The molecule has 17 heavy (non-hydrogen) atoms. The van der Waals surface area contributed by atoms with Gasteiger partial charge in [-0.25, -0.2) is 4.57 Å². The Morgan fingerprint density at radius 2 is 2.12 bits per heavy atom. The number of carbonyl (C=O) groups is 1. The van der Waals surface area contributed by atoms with Crippen molar-refractivity contribution in [2.24, 2.45) is 0 Å². The van der Waals surface area contributed by atoms with Crippen molar-refractivity contribution in [1.82, 2.24) is 0 Å². The number of para-hydroxylation sites is 1. The van der Waals surface area contributed by atoms with Crippen molar-refractivity contribution in [2.75, 3.05) is 7.11 Å². The van der Waals surface area contributed by atoms with E-state index in [0.717, 1.165) is 0 Å². The molecule has 0 saturated carbocycles. The van der Waals surface area contributed by atoms with E-state index in [4.69, 9.17) is 14.5 Å². The molecule has 0 radical (unpaired) electrons. The van der Waals surface area contributed by atoms with Crippen molar-refractivity contribution >= 4 is 19.1 Å². The normalized spacial score (nSPS) is 27.2. The summed E-state index contributed by atoms with van der Waals surface area (Å²) in [5.74, 6) is -0.135. The lowest BCUT2D eigenvalue weighted by molar-refractivity contribution is 0.0984. The van der Waals surface area contributed by atoms with E-state index in [1.54, 1.807) is 24.3 Å². The van der Waals surface area contributed by atoms with Crippen LogP contribution in [0.4, 0.5) is 0 Å². The van der Waals surface area contributed by atoms with Gasteiger partial charge in [0.15, 0.2) is 11.4 Å². The summed E-state index contributed by atoms with van der Waals surface area (Å²) in [4.78, 5) is 12.2. The Morgan fingerprint density at radius 3 is 2.71 bits per heavy atom. The maximum absolute atomic E-state index is 12.3. The maximum atomic E-state index is 12.3. The van der Waals surface area contributed by atoms with E-state index in [1.807, 2.05) is 0 Å². The molecule has 2 rings (SSSR count). The van der Waals surface area contributed by atoms with E-state index < -0.39 is 13.3 Å². The number of hydrogen-bond donors (Lipinski definition) is 1. The van der Waals surface area contributed by atoms with Gasteiger partial charge in [0, 0.05) is 12.8 Å². The molecule has 6 heteroatoms. The molecule has 1 aromatic rings. The topological polar surface area (TPSA) is 76.5 Å². The van der Waals surface area contributed by atoms with Gasteiger partial charge in [0.2, 0.25) is 0 Å². The Balaban J connectivity index is 2.60. The first-order valence-corrected chi connectivity index (χ1v) is 6.64. The molecule has 0 spiro atoms. The molecule has 0 bridgehead atoms. The second kappa shape index (κ2) is 4.09. The predicted molar refractivity (Wildman–Crippen MR) is 63.2 cm³/mol. The fourth-order valence-electron chi connectivity index (χ4n) is 1.81. The van der Waals surface area contributed by atoms with Gasteiger partial charge in [-0.1, -0.05) is 12.1 Å². The number of benzene rings is 1. The lowest BCUT2D eigenvalue weighted by Gasteiger charge is -2.29. The van der Waals surface area contributed by atoms with E-state index in [2.05, 4.69) is 0 Å². The van der Waals surface area contributed by atoms with Crippen molar-refractivity contribution in [3.05, 3.63) is 29.8 Å². The lowest BCUT2D eigenvalue weighted by Crippen LogP contribution is -2.34. The molecule has 0 saturated heterocycles. The minimum Gasteiger partial charge on any atom is -0.423 e. The van der Waals surface area contributed by atoms with Gasteiger partial charge in [-0.2, -0.15) is 0 Å². The van der Waals surface area contributed by atoms with Gasteiger partial charge >= 0.3 is 7.60 Å². The van der Waals surface area contributed by atoms with Gasteiger partial charge in [-0.15, -0.1) is 0 Å². The molecule has 1 heterocycles. The van der Waals surface area contributed by atoms with Crippen LogP contribution in [-0.2, 0) is 9.09 Å². The zero-order valence-corrected chi connectivity index (χ0v) is 10.4. The van der Waals surface area contributed by atoms with Crippen LogP contribution < -0.4 is 4.52 Å². The van der Waals surface area contributed by atoms with Crippen molar-refractivity contribution in [1.29, 1.82) is 5.41 Å². The Kier molecular flexibility index (Phi) is 2.89. The third kappa shape index (κ3) is 1.81. The number of Topliss-reactive ketones (excluding diaryl/α,β-unsaturated/α-hetero) is 1. The molecule has 0 amide bonds. The van der Waals surface area contributed by atoms with Crippen LogP contribution >= 0.6 is 7.60 Å². The van der Waals surface area contributed by atoms with Crippen molar-refractivity contribution < 1.29 is 18.4 Å². The number of nitrogens with one attached hydrogen (secondary N) is 1. The van der Waals surface area contributed by atoms with Crippen LogP contribution in [0.25, 0.3) is 0 Å². The van der Waals surface area contributed by atoms with Crippen molar-refractivity contribution in [3.63, 3.8) is 0 Å². The Morgan fingerprint density at radius 1 is 1.47 bits per heavy atom. The molecule has 1 aromatic carbocycles. The minimum absolute atomic E-state index is 0.0188. The highest BCUT2D eigenvalue weighted by Crippen LogP contribution is 2.57. The number of ketones is 1. The Bertz CT molecular complexity index is 540. The second-order valence-corrected chi connectivity index (χ2v) is 5.90. The average Bonchev–Trinajstić information content (AvgIpc) is 2.28. The first kappa shape index (κ1) is 12.0. The van der Waals surface area contributed by atoms with E-state index in [9.17, 15) is 9.36 Å².